The first-order chi connectivity index (χ1) is 8.08. The summed E-state index contributed by atoms with van der Waals surface area (Å²) in [6, 6.07) is 1.68. The molecule has 1 heterocycles. The molecule has 1 rings (SSSR count). The average Bonchev–Trinajstić information content (AvgIpc) is 2.30. The normalized spacial score (nSPS) is 12.5. The van der Waals surface area contributed by atoms with Crippen molar-refractivity contribution in [1.29, 1.82) is 0 Å². The van der Waals surface area contributed by atoms with Crippen LogP contribution >= 0.6 is 27.5 Å². The number of aliphatic hydroxyl groups excluding tert-OH is 1. The van der Waals surface area contributed by atoms with Crippen LogP contribution in [0.4, 0.5) is 5.82 Å². The predicted octanol–water partition coefficient (Wildman–Crippen LogP) is 2.62. The lowest BCUT2D eigenvalue weighted by atomic mass is 10.2. The summed E-state index contributed by atoms with van der Waals surface area (Å²) in [7, 11) is 1.63. The molecule has 0 fully saturated rings. The maximum Gasteiger partial charge on any atom is 0.142 e. The van der Waals surface area contributed by atoms with Crippen molar-refractivity contribution in [3.05, 3.63) is 21.3 Å². The van der Waals surface area contributed by atoms with Crippen molar-refractivity contribution >= 4 is 33.3 Å². The molecule has 0 bridgehead atoms. The average molecular weight is 324 g/mol. The SMILES string of the molecule is COCCC(CO)Nc1nc(Cl)cc(C)c1Br. The van der Waals surface area contributed by atoms with Crippen LogP contribution < -0.4 is 5.32 Å². The fraction of sp³-hybridized carbons (Fsp3) is 0.545. The Labute approximate surface area is 114 Å². The minimum Gasteiger partial charge on any atom is -0.394 e. The summed E-state index contributed by atoms with van der Waals surface area (Å²) < 4.78 is 5.84. The predicted molar refractivity (Wildman–Crippen MR) is 72.7 cm³/mol. The number of rotatable bonds is 6. The van der Waals surface area contributed by atoms with E-state index in [1.54, 1.807) is 13.2 Å². The van der Waals surface area contributed by atoms with E-state index in [4.69, 9.17) is 16.3 Å². The molecule has 4 nitrogen and oxygen atoms in total. The third-order valence-electron chi connectivity index (χ3n) is 2.34. The molecule has 0 saturated carbocycles. The highest BCUT2D eigenvalue weighted by atomic mass is 79.9. The Balaban J connectivity index is 2.78. The van der Waals surface area contributed by atoms with Crippen molar-refractivity contribution in [2.24, 2.45) is 0 Å². The van der Waals surface area contributed by atoms with E-state index >= 15 is 0 Å². The Morgan fingerprint density at radius 3 is 2.94 bits per heavy atom. The summed E-state index contributed by atoms with van der Waals surface area (Å²) >= 11 is 9.34. The number of aliphatic hydroxyl groups is 1. The van der Waals surface area contributed by atoms with Gasteiger partial charge in [-0.2, -0.15) is 0 Å². The molecule has 0 saturated heterocycles. The van der Waals surface area contributed by atoms with Gasteiger partial charge in [0.05, 0.1) is 17.1 Å². The Morgan fingerprint density at radius 2 is 2.35 bits per heavy atom. The lowest BCUT2D eigenvalue weighted by molar-refractivity contribution is 0.174. The maximum atomic E-state index is 9.25. The second kappa shape index (κ2) is 7.16. The molecule has 0 spiro atoms. The number of aryl methyl sites for hydroxylation is 1. The van der Waals surface area contributed by atoms with Crippen molar-refractivity contribution in [1.82, 2.24) is 4.98 Å². The van der Waals surface area contributed by atoms with Gasteiger partial charge in [0.15, 0.2) is 0 Å². The molecular weight excluding hydrogens is 307 g/mol. The number of nitrogens with one attached hydrogen (secondary N) is 1. The van der Waals surface area contributed by atoms with Gasteiger partial charge in [0, 0.05) is 13.7 Å². The minimum atomic E-state index is -0.100. The number of anilines is 1. The second-order valence-electron chi connectivity index (χ2n) is 3.73. The first-order valence-corrected chi connectivity index (χ1v) is 6.44. The number of methoxy groups -OCH3 is 1. The monoisotopic (exact) mass is 322 g/mol. The molecule has 1 aromatic rings. The van der Waals surface area contributed by atoms with Gasteiger partial charge in [0.1, 0.15) is 11.0 Å². The summed E-state index contributed by atoms with van der Waals surface area (Å²) in [5.74, 6) is 0.644. The highest BCUT2D eigenvalue weighted by Gasteiger charge is 2.12. The largest absolute Gasteiger partial charge is 0.394 e. The number of ether oxygens (including phenoxy) is 1. The molecule has 0 aliphatic carbocycles. The van der Waals surface area contributed by atoms with Crippen molar-refractivity contribution in [2.75, 3.05) is 25.6 Å². The van der Waals surface area contributed by atoms with Gasteiger partial charge in [-0.15, -0.1) is 0 Å². The fourth-order valence-electron chi connectivity index (χ4n) is 1.38. The summed E-state index contributed by atoms with van der Waals surface area (Å²) in [6.07, 6.45) is 0.701. The lowest BCUT2D eigenvalue weighted by Gasteiger charge is -2.18. The van der Waals surface area contributed by atoms with Crippen LogP contribution in [0.3, 0.4) is 0 Å². The van der Waals surface area contributed by atoms with Gasteiger partial charge < -0.3 is 15.2 Å². The van der Waals surface area contributed by atoms with Gasteiger partial charge in [0.2, 0.25) is 0 Å². The number of halogens is 2. The zero-order valence-electron chi connectivity index (χ0n) is 9.83. The van der Waals surface area contributed by atoms with Gasteiger partial charge >= 0.3 is 0 Å². The summed E-state index contributed by atoms with van der Waals surface area (Å²) in [4.78, 5) is 4.18. The molecule has 1 unspecified atom stereocenters. The van der Waals surface area contributed by atoms with Crippen LogP contribution in [0.25, 0.3) is 0 Å². The van der Waals surface area contributed by atoms with Crippen molar-refractivity contribution in [3.63, 3.8) is 0 Å². The second-order valence-corrected chi connectivity index (χ2v) is 4.91. The molecule has 6 heteroatoms. The number of hydrogen-bond donors (Lipinski definition) is 2. The first kappa shape index (κ1) is 14.7. The molecule has 0 aliphatic rings. The molecule has 1 aromatic heterocycles. The molecule has 0 aliphatic heterocycles. The Kier molecular flexibility index (Phi) is 6.19. The van der Waals surface area contributed by atoms with E-state index in [1.165, 1.54) is 0 Å². The van der Waals surface area contributed by atoms with E-state index in [-0.39, 0.29) is 12.6 Å². The molecule has 1 atom stereocenters. The molecule has 2 N–H and O–H groups in total. The molecule has 0 aromatic carbocycles. The maximum absolute atomic E-state index is 9.25. The number of nitrogens with zero attached hydrogens (tertiary/aromatic N) is 1. The lowest BCUT2D eigenvalue weighted by Crippen LogP contribution is -2.26. The summed E-state index contributed by atoms with van der Waals surface area (Å²) in [5, 5.41) is 12.8. The first-order valence-electron chi connectivity index (χ1n) is 5.27. The van der Waals surface area contributed by atoms with Gasteiger partial charge in [0.25, 0.3) is 0 Å². The Bertz CT molecular complexity index is 377. The van der Waals surface area contributed by atoms with Crippen LogP contribution in [0.5, 0.6) is 0 Å². The van der Waals surface area contributed by atoms with Crippen molar-refractivity contribution < 1.29 is 9.84 Å². The third kappa shape index (κ3) is 4.43. The van der Waals surface area contributed by atoms with Crippen molar-refractivity contribution in [3.8, 4) is 0 Å². The van der Waals surface area contributed by atoms with E-state index in [0.29, 0.717) is 24.0 Å². The van der Waals surface area contributed by atoms with Gasteiger partial charge in [-0.3, -0.25) is 0 Å². The van der Waals surface area contributed by atoms with Gasteiger partial charge in [-0.1, -0.05) is 11.6 Å². The van der Waals surface area contributed by atoms with Gasteiger partial charge in [-0.05, 0) is 40.9 Å². The third-order valence-corrected chi connectivity index (χ3v) is 3.53. The van der Waals surface area contributed by atoms with Crippen LogP contribution in [-0.2, 0) is 4.74 Å². The van der Waals surface area contributed by atoms with E-state index < -0.39 is 0 Å². The van der Waals surface area contributed by atoms with E-state index in [9.17, 15) is 5.11 Å². The van der Waals surface area contributed by atoms with E-state index in [2.05, 4.69) is 26.2 Å². The van der Waals surface area contributed by atoms with Crippen LogP contribution in [0, 0.1) is 6.92 Å². The number of aromatic nitrogens is 1. The number of hydrogen-bond acceptors (Lipinski definition) is 4. The topological polar surface area (TPSA) is 54.4 Å². The highest BCUT2D eigenvalue weighted by Crippen LogP contribution is 2.27. The standard InChI is InChI=1S/C11H16BrClN2O2/c1-7-5-9(13)15-11(10(7)12)14-8(6-16)3-4-17-2/h5,8,16H,3-4,6H2,1-2H3,(H,14,15). The molecular formula is C11H16BrClN2O2. The summed E-state index contributed by atoms with van der Waals surface area (Å²) in [6.45, 7) is 2.53. The van der Waals surface area contributed by atoms with Gasteiger partial charge in [-0.25, -0.2) is 4.98 Å². The Hall–Kier alpha value is -0.360. The zero-order chi connectivity index (χ0) is 12.8. The quantitative estimate of drug-likeness (QED) is 0.790. The van der Waals surface area contributed by atoms with Crippen LogP contribution in [0.2, 0.25) is 5.15 Å². The smallest absolute Gasteiger partial charge is 0.142 e. The van der Waals surface area contributed by atoms with E-state index in [0.717, 1.165) is 10.0 Å². The highest BCUT2D eigenvalue weighted by molar-refractivity contribution is 9.10. The minimum absolute atomic E-state index is 0.0169. The van der Waals surface area contributed by atoms with E-state index in [1.807, 2.05) is 6.92 Å². The van der Waals surface area contributed by atoms with Crippen molar-refractivity contribution in [2.45, 2.75) is 19.4 Å². The molecule has 0 radical (unpaired) electrons. The summed E-state index contributed by atoms with van der Waals surface area (Å²) in [5.41, 5.74) is 0.996. The fourth-order valence-corrected chi connectivity index (χ4v) is 1.94. The Morgan fingerprint density at radius 1 is 1.65 bits per heavy atom. The number of pyridine rings is 1. The van der Waals surface area contributed by atoms with Crippen LogP contribution in [-0.4, -0.2) is 36.5 Å². The molecule has 17 heavy (non-hydrogen) atoms. The zero-order valence-corrected chi connectivity index (χ0v) is 12.2. The molecule has 96 valence electrons. The van der Waals surface area contributed by atoms with Crippen LogP contribution in [0.15, 0.2) is 10.5 Å². The molecule has 0 amide bonds. The van der Waals surface area contributed by atoms with Crippen LogP contribution in [0.1, 0.15) is 12.0 Å².